The fourth-order valence-corrected chi connectivity index (χ4v) is 2.48. The summed E-state index contributed by atoms with van der Waals surface area (Å²) in [5.41, 5.74) is 1.97. The monoisotopic (exact) mass is 401 g/mol. The van der Waals surface area contributed by atoms with Gasteiger partial charge in [-0.3, -0.25) is 4.79 Å². The summed E-state index contributed by atoms with van der Waals surface area (Å²) < 4.78 is 11.5. The number of aryl methyl sites for hydroxylation is 1. The molecule has 0 aliphatic heterocycles. The molecular weight excluding hydrogens is 386 g/mol. The van der Waals surface area contributed by atoms with Gasteiger partial charge < -0.3 is 14.6 Å². The van der Waals surface area contributed by atoms with Gasteiger partial charge in [0, 0.05) is 10.0 Å². The molecule has 0 saturated carbocycles. The molecule has 3 aromatic rings. The van der Waals surface area contributed by atoms with E-state index in [2.05, 4.69) is 31.4 Å². The minimum absolute atomic E-state index is 0.0737. The van der Waals surface area contributed by atoms with Crippen molar-refractivity contribution in [2.75, 3.05) is 6.61 Å². The van der Waals surface area contributed by atoms with Gasteiger partial charge in [-0.1, -0.05) is 50.9 Å². The smallest absolute Gasteiger partial charge is 0.258 e. The van der Waals surface area contributed by atoms with Crippen LogP contribution in [0.1, 0.15) is 11.5 Å². The van der Waals surface area contributed by atoms with Crippen LogP contribution in [0.15, 0.2) is 57.5 Å². The minimum atomic E-state index is -0.261. The first-order valence-electron chi connectivity index (χ1n) is 7.65. The predicted octanol–water partition coefficient (Wildman–Crippen LogP) is 3.50. The number of rotatable bonds is 6. The van der Waals surface area contributed by atoms with Crippen LogP contribution < -0.4 is 10.1 Å². The maximum absolute atomic E-state index is 11.8. The lowest BCUT2D eigenvalue weighted by molar-refractivity contribution is -0.123. The Hall–Kier alpha value is -2.67. The first-order chi connectivity index (χ1) is 12.1. The largest absolute Gasteiger partial charge is 0.484 e. The first-order valence-corrected chi connectivity index (χ1v) is 8.44. The highest BCUT2D eigenvalue weighted by Crippen LogP contribution is 2.20. The van der Waals surface area contributed by atoms with Crippen molar-refractivity contribution >= 4 is 21.8 Å². The van der Waals surface area contributed by atoms with Crippen molar-refractivity contribution in [3.63, 3.8) is 0 Å². The Morgan fingerprint density at radius 1 is 1.24 bits per heavy atom. The van der Waals surface area contributed by atoms with Gasteiger partial charge in [0.05, 0.1) is 6.54 Å². The summed E-state index contributed by atoms with van der Waals surface area (Å²) in [5, 5.41) is 6.61. The van der Waals surface area contributed by atoms with Crippen LogP contribution in [0.3, 0.4) is 0 Å². The van der Waals surface area contributed by atoms with Gasteiger partial charge >= 0.3 is 0 Å². The molecule has 1 amide bonds. The highest BCUT2D eigenvalue weighted by atomic mass is 79.9. The topological polar surface area (TPSA) is 77.2 Å². The zero-order valence-corrected chi connectivity index (χ0v) is 15.1. The minimum Gasteiger partial charge on any atom is -0.484 e. The Morgan fingerprint density at radius 3 is 2.80 bits per heavy atom. The summed E-state index contributed by atoms with van der Waals surface area (Å²) in [4.78, 5) is 16.1. The van der Waals surface area contributed by atoms with Crippen molar-refractivity contribution in [3.8, 4) is 17.1 Å². The molecule has 2 aromatic carbocycles. The molecule has 0 unspecified atom stereocenters. The summed E-state index contributed by atoms with van der Waals surface area (Å²) in [6, 6.07) is 15.1. The van der Waals surface area contributed by atoms with Crippen molar-refractivity contribution < 1.29 is 14.1 Å². The summed E-state index contributed by atoms with van der Waals surface area (Å²) in [5.74, 6) is 1.19. The fourth-order valence-electron chi connectivity index (χ4n) is 2.08. The van der Waals surface area contributed by atoms with Gasteiger partial charge in [0.1, 0.15) is 5.75 Å². The Balaban J connectivity index is 1.50. The van der Waals surface area contributed by atoms with Crippen LogP contribution in [0.4, 0.5) is 0 Å². The number of halogens is 1. The Kier molecular flexibility index (Phi) is 5.45. The summed E-state index contributed by atoms with van der Waals surface area (Å²) in [7, 11) is 0. The lowest BCUT2D eigenvalue weighted by Gasteiger charge is -2.06. The van der Waals surface area contributed by atoms with E-state index in [1.165, 1.54) is 0 Å². The molecule has 25 heavy (non-hydrogen) atoms. The second kappa shape index (κ2) is 7.94. The molecule has 6 nitrogen and oxygen atoms in total. The number of nitrogens with one attached hydrogen (secondary N) is 1. The van der Waals surface area contributed by atoms with Gasteiger partial charge in [-0.15, -0.1) is 0 Å². The molecule has 0 atom stereocenters. The van der Waals surface area contributed by atoms with E-state index in [1.54, 1.807) is 0 Å². The van der Waals surface area contributed by atoms with Crippen molar-refractivity contribution in [1.29, 1.82) is 0 Å². The standard InChI is InChI=1S/C18H16BrN3O3/c1-12-5-7-15(8-6-12)24-11-16(23)20-10-17-21-18(22-25-17)13-3-2-4-14(19)9-13/h2-9H,10-11H2,1H3,(H,20,23). The predicted molar refractivity (Wildman–Crippen MR) is 96.0 cm³/mol. The third kappa shape index (κ3) is 4.90. The third-order valence-corrected chi connectivity index (χ3v) is 3.87. The van der Waals surface area contributed by atoms with Gasteiger partial charge in [0.15, 0.2) is 6.61 Å². The van der Waals surface area contributed by atoms with Crippen molar-refractivity contribution in [2.45, 2.75) is 13.5 Å². The van der Waals surface area contributed by atoms with Crippen LogP contribution in [0.25, 0.3) is 11.4 Å². The van der Waals surface area contributed by atoms with Gasteiger partial charge in [0.2, 0.25) is 11.7 Å². The molecule has 0 spiro atoms. The molecule has 0 bridgehead atoms. The quantitative estimate of drug-likeness (QED) is 0.683. The SMILES string of the molecule is Cc1ccc(OCC(=O)NCc2nc(-c3cccc(Br)c3)no2)cc1. The Bertz CT molecular complexity index is 862. The lowest BCUT2D eigenvalue weighted by atomic mass is 10.2. The Morgan fingerprint density at radius 2 is 2.04 bits per heavy atom. The molecular formula is C18H16BrN3O3. The molecule has 1 heterocycles. The molecule has 0 fully saturated rings. The summed E-state index contributed by atoms with van der Waals surface area (Å²) in [6.45, 7) is 2.07. The van der Waals surface area contributed by atoms with E-state index in [0.717, 1.165) is 15.6 Å². The average Bonchev–Trinajstić information content (AvgIpc) is 3.08. The molecule has 0 saturated heterocycles. The van der Waals surface area contributed by atoms with Crippen LogP contribution in [-0.4, -0.2) is 22.7 Å². The molecule has 0 aliphatic rings. The van der Waals surface area contributed by atoms with E-state index in [9.17, 15) is 4.79 Å². The van der Waals surface area contributed by atoms with Gasteiger partial charge in [-0.2, -0.15) is 4.98 Å². The molecule has 3 rings (SSSR count). The van der Waals surface area contributed by atoms with Crippen molar-refractivity contribution in [1.82, 2.24) is 15.5 Å². The molecule has 0 aliphatic carbocycles. The number of amides is 1. The fraction of sp³-hybridized carbons (Fsp3) is 0.167. The zero-order valence-electron chi connectivity index (χ0n) is 13.5. The van der Waals surface area contributed by atoms with Crippen LogP contribution in [-0.2, 0) is 11.3 Å². The molecule has 7 heteroatoms. The summed E-state index contributed by atoms with van der Waals surface area (Å²) in [6.07, 6.45) is 0. The molecule has 1 aromatic heterocycles. The van der Waals surface area contributed by atoms with Crippen molar-refractivity contribution in [2.24, 2.45) is 0 Å². The number of nitrogens with zero attached hydrogens (tertiary/aromatic N) is 2. The van der Waals surface area contributed by atoms with Gasteiger partial charge in [-0.05, 0) is 31.2 Å². The van der Waals surface area contributed by atoms with E-state index in [4.69, 9.17) is 9.26 Å². The van der Waals surface area contributed by atoms with E-state index in [0.29, 0.717) is 17.5 Å². The van der Waals surface area contributed by atoms with Gasteiger partial charge in [-0.25, -0.2) is 0 Å². The van der Waals surface area contributed by atoms with E-state index in [1.807, 2.05) is 55.5 Å². The zero-order chi connectivity index (χ0) is 17.6. The Labute approximate surface area is 153 Å². The number of benzene rings is 2. The average molecular weight is 402 g/mol. The third-order valence-electron chi connectivity index (χ3n) is 3.38. The van der Waals surface area contributed by atoms with Crippen LogP contribution in [0, 0.1) is 6.92 Å². The molecule has 0 radical (unpaired) electrons. The second-order valence-corrected chi connectivity index (χ2v) is 6.32. The van der Waals surface area contributed by atoms with Crippen LogP contribution in [0.5, 0.6) is 5.75 Å². The maximum Gasteiger partial charge on any atom is 0.258 e. The number of aromatic nitrogens is 2. The molecule has 1 N–H and O–H groups in total. The van der Waals surface area contributed by atoms with E-state index >= 15 is 0 Å². The van der Waals surface area contributed by atoms with Crippen LogP contribution in [0.2, 0.25) is 0 Å². The normalized spacial score (nSPS) is 10.5. The van der Waals surface area contributed by atoms with Crippen molar-refractivity contribution in [3.05, 3.63) is 64.5 Å². The van der Waals surface area contributed by atoms with E-state index in [-0.39, 0.29) is 19.1 Å². The first kappa shape index (κ1) is 17.2. The number of hydrogen-bond donors (Lipinski definition) is 1. The second-order valence-electron chi connectivity index (χ2n) is 5.40. The number of ether oxygens (including phenoxy) is 1. The van der Waals surface area contributed by atoms with E-state index < -0.39 is 0 Å². The number of carbonyl (C=O) groups excluding carboxylic acids is 1. The lowest BCUT2D eigenvalue weighted by Crippen LogP contribution is -2.28. The number of carbonyl (C=O) groups is 1. The molecule has 128 valence electrons. The number of hydrogen-bond acceptors (Lipinski definition) is 5. The van der Waals surface area contributed by atoms with Gasteiger partial charge in [0.25, 0.3) is 5.91 Å². The summed E-state index contributed by atoms with van der Waals surface area (Å²) >= 11 is 3.40. The highest BCUT2D eigenvalue weighted by Gasteiger charge is 2.10. The van der Waals surface area contributed by atoms with Crippen LogP contribution >= 0.6 is 15.9 Å². The maximum atomic E-state index is 11.8. The highest BCUT2D eigenvalue weighted by molar-refractivity contribution is 9.10.